The van der Waals surface area contributed by atoms with Gasteiger partial charge in [0.25, 0.3) is 0 Å². The van der Waals surface area contributed by atoms with E-state index in [-0.39, 0.29) is 5.91 Å². The van der Waals surface area contributed by atoms with E-state index >= 15 is 0 Å². The van der Waals surface area contributed by atoms with Crippen LogP contribution >= 0.6 is 46.7 Å². The molecule has 0 aliphatic carbocycles. The first-order valence-corrected chi connectivity index (χ1v) is 12.9. The minimum absolute atomic E-state index is 0.0861. The molecule has 1 amide bonds. The zero-order chi connectivity index (χ0) is 22.3. The molecule has 2 aromatic heterocycles. The van der Waals surface area contributed by atoms with Gasteiger partial charge in [-0.1, -0.05) is 29.8 Å². The molecule has 32 heavy (non-hydrogen) atoms. The molecule has 3 N–H and O–H groups in total. The minimum atomic E-state index is -0.0861. The van der Waals surface area contributed by atoms with Crippen LogP contribution in [0.25, 0.3) is 10.6 Å². The lowest BCUT2D eigenvalue weighted by atomic mass is 10.2. The fraction of sp³-hybridized carbons (Fsp3) is 0.0870. The summed E-state index contributed by atoms with van der Waals surface area (Å²) < 4.78 is 0. The van der Waals surface area contributed by atoms with Gasteiger partial charge in [-0.05, 0) is 60.9 Å². The number of aromatic nitrogens is 1. The number of carbonyl (C=O) groups excluding carboxylic acids is 1. The first kappa shape index (κ1) is 22.5. The average molecular weight is 497 g/mol. The molecule has 0 radical (unpaired) electrons. The Bertz CT molecular complexity index is 1200. The summed E-state index contributed by atoms with van der Waals surface area (Å²) in [5.74, 6) is 0.209. The summed E-state index contributed by atoms with van der Waals surface area (Å²) in [6.45, 7) is 2.04. The summed E-state index contributed by atoms with van der Waals surface area (Å²) in [6.07, 6.45) is 0. The van der Waals surface area contributed by atoms with Crippen molar-refractivity contribution in [3.8, 4) is 10.6 Å². The van der Waals surface area contributed by atoms with Gasteiger partial charge in [-0.25, -0.2) is 4.98 Å². The lowest BCUT2D eigenvalue weighted by molar-refractivity contribution is -0.113. The molecular weight excluding hydrogens is 477 g/mol. The van der Waals surface area contributed by atoms with E-state index in [1.165, 1.54) is 28.7 Å². The molecule has 4 aromatic rings. The van der Waals surface area contributed by atoms with Crippen LogP contribution in [0.2, 0.25) is 0 Å². The van der Waals surface area contributed by atoms with Gasteiger partial charge in [0.1, 0.15) is 0 Å². The largest absolute Gasteiger partial charge is 0.332 e. The second-order valence-electron chi connectivity index (χ2n) is 6.83. The van der Waals surface area contributed by atoms with Gasteiger partial charge in [-0.3, -0.25) is 4.79 Å². The molecule has 4 rings (SSSR count). The van der Waals surface area contributed by atoms with Gasteiger partial charge in [-0.2, -0.15) is 0 Å². The molecule has 5 nitrogen and oxygen atoms in total. The Morgan fingerprint density at radius 1 is 1.00 bits per heavy atom. The van der Waals surface area contributed by atoms with Crippen LogP contribution in [0.5, 0.6) is 0 Å². The smallest absolute Gasteiger partial charge is 0.236 e. The second kappa shape index (κ2) is 10.7. The van der Waals surface area contributed by atoms with Crippen LogP contribution in [0.15, 0.2) is 76.3 Å². The minimum Gasteiger partial charge on any atom is -0.332 e. The van der Waals surface area contributed by atoms with E-state index in [1.807, 2.05) is 78.3 Å². The number of anilines is 3. The zero-order valence-electron chi connectivity index (χ0n) is 17.1. The lowest BCUT2D eigenvalue weighted by Crippen LogP contribution is -2.19. The maximum atomic E-state index is 12.4. The van der Waals surface area contributed by atoms with Crippen molar-refractivity contribution >= 4 is 74.2 Å². The SMILES string of the molecule is Cc1ccc(NC(=S)Nc2cccc(SCC(=O)Nc3nc(-c4cccs4)cs3)c2)cc1. The summed E-state index contributed by atoms with van der Waals surface area (Å²) in [5.41, 5.74) is 3.88. The number of nitrogens with zero attached hydrogens (tertiary/aromatic N) is 1. The van der Waals surface area contributed by atoms with Crippen LogP contribution in [0.4, 0.5) is 16.5 Å². The molecule has 0 atom stereocenters. The third-order valence-corrected chi connectivity index (χ3v) is 7.14. The Balaban J connectivity index is 1.27. The van der Waals surface area contributed by atoms with Crippen molar-refractivity contribution in [1.29, 1.82) is 0 Å². The number of amides is 1. The van der Waals surface area contributed by atoms with Crippen LogP contribution in [0.1, 0.15) is 5.56 Å². The summed E-state index contributed by atoms with van der Waals surface area (Å²) in [5, 5.41) is 14.3. The highest BCUT2D eigenvalue weighted by Crippen LogP contribution is 2.28. The molecule has 0 aliphatic heterocycles. The van der Waals surface area contributed by atoms with Gasteiger partial charge in [-0.15, -0.1) is 34.4 Å². The zero-order valence-corrected chi connectivity index (χ0v) is 20.4. The monoisotopic (exact) mass is 496 g/mol. The fourth-order valence-corrected chi connectivity index (χ4v) is 5.25. The number of aryl methyl sites for hydroxylation is 1. The molecule has 0 saturated heterocycles. The number of benzene rings is 2. The number of hydrogen-bond acceptors (Lipinski definition) is 6. The van der Waals surface area contributed by atoms with Crippen molar-refractivity contribution in [1.82, 2.24) is 4.98 Å². The van der Waals surface area contributed by atoms with E-state index < -0.39 is 0 Å². The molecule has 162 valence electrons. The van der Waals surface area contributed by atoms with Crippen LogP contribution in [0.3, 0.4) is 0 Å². The van der Waals surface area contributed by atoms with Gasteiger partial charge in [0.05, 0.1) is 16.3 Å². The standard InChI is InChI=1S/C23H20N4OS4/c1-15-7-9-16(10-8-15)24-22(29)25-17-4-2-5-18(12-17)31-14-21(28)27-23-26-19(13-32-23)20-6-3-11-30-20/h2-13H,14H2,1H3,(H2,24,25,29)(H,26,27,28). The highest BCUT2D eigenvalue weighted by atomic mass is 32.2. The molecule has 0 aliphatic rings. The van der Waals surface area contributed by atoms with Crippen molar-refractivity contribution in [2.24, 2.45) is 0 Å². The van der Waals surface area contributed by atoms with E-state index in [1.54, 1.807) is 11.3 Å². The van der Waals surface area contributed by atoms with Gasteiger partial charge in [0.2, 0.25) is 5.91 Å². The van der Waals surface area contributed by atoms with Crippen LogP contribution in [-0.4, -0.2) is 21.8 Å². The van der Waals surface area contributed by atoms with Gasteiger partial charge in [0.15, 0.2) is 10.2 Å². The van der Waals surface area contributed by atoms with Gasteiger partial charge < -0.3 is 16.0 Å². The normalized spacial score (nSPS) is 10.5. The molecule has 0 bridgehead atoms. The van der Waals surface area contributed by atoms with E-state index in [0.29, 0.717) is 16.0 Å². The molecule has 0 saturated carbocycles. The molecule has 0 fully saturated rings. The van der Waals surface area contributed by atoms with E-state index in [4.69, 9.17) is 12.2 Å². The first-order chi connectivity index (χ1) is 15.5. The van der Waals surface area contributed by atoms with E-state index in [9.17, 15) is 4.79 Å². The Hall–Kier alpha value is -2.72. The molecule has 0 spiro atoms. The van der Waals surface area contributed by atoms with Crippen molar-refractivity contribution in [3.05, 3.63) is 77.0 Å². The molecular formula is C23H20N4OS4. The van der Waals surface area contributed by atoms with E-state index in [2.05, 4.69) is 20.9 Å². The second-order valence-corrected chi connectivity index (χ2v) is 10.1. The Morgan fingerprint density at radius 3 is 2.59 bits per heavy atom. The molecule has 2 aromatic carbocycles. The highest BCUT2D eigenvalue weighted by Gasteiger charge is 2.10. The Morgan fingerprint density at radius 2 is 1.81 bits per heavy atom. The molecule has 2 heterocycles. The Labute approximate surface area is 204 Å². The number of hydrogen-bond donors (Lipinski definition) is 3. The number of thioether (sulfide) groups is 1. The lowest BCUT2D eigenvalue weighted by Gasteiger charge is -2.11. The first-order valence-electron chi connectivity index (χ1n) is 9.72. The third kappa shape index (κ3) is 6.39. The number of carbonyl (C=O) groups is 1. The van der Waals surface area contributed by atoms with Crippen molar-refractivity contribution in [2.45, 2.75) is 11.8 Å². The highest BCUT2D eigenvalue weighted by molar-refractivity contribution is 8.00. The summed E-state index contributed by atoms with van der Waals surface area (Å²) in [7, 11) is 0. The Kier molecular flexibility index (Phi) is 7.54. The number of thiocarbonyl (C=S) groups is 1. The van der Waals surface area contributed by atoms with Crippen molar-refractivity contribution in [2.75, 3.05) is 21.7 Å². The number of thiophene rings is 1. The number of thiazole rings is 1. The van der Waals surface area contributed by atoms with Crippen molar-refractivity contribution < 1.29 is 4.79 Å². The van der Waals surface area contributed by atoms with Crippen LogP contribution in [-0.2, 0) is 4.79 Å². The van der Waals surface area contributed by atoms with Crippen LogP contribution in [0, 0.1) is 6.92 Å². The predicted octanol–water partition coefficient (Wildman–Crippen LogP) is 6.72. The van der Waals surface area contributed by atoms with E-state index in [0.717, 1.165) is 26.8 Å². The van der Waals surface area contributed by atoms with Crippen molar-refractivity contribution in [3.63, 3.8) is 0 Å². The molecule has 0 unspecified atom stereocenters. The average Bonchev–Trinajstić information content (AvgIpc) is 3.46. The predicted molar refractivity (Wildman–Crippen MR) is 142 cm³/mol. The fourth-order valence-electron chi connectivity index (χ4n) is 2.77. The summed E-state index contributed by atoms with van der Waals surface area (Å²) >= 11 is 9.93. The van der Waals surface area contributed by atoms with Crippen LogP contribution < -0.4 is 16.0 Å². The maximum absolute atomic E-state index is 12.4. The number of nitrogens with one attached hydrogen (secondary N) is 3. The summed E-state index contributed by atoms with van der Waals surface area (Å²) in [4.78, 5) is 18.9. The maximum Gasteiger partial charge on any atom is 0.236 e. The number of rotatable bonds is 7. The van der Waals surface area contributed by atoms with Gasteiger partial charge >= 0.3 is 0 Å². The summed E-state index contributed by atoms with van der Waals surface area (Å²) in [6, 6.07) is 19.9. The quantitative estimate of drug-likeness (QED) is 0.195. The molecule has 9 heteroatoms. The van der Waals surface area contributed by atoms with Gasteiger partial charge in [0, 0.05) is 21.7 Å². The third-order valence-electron chi connectivity index (χ3n) is 4.30. The topological polar surface area (TPSA) is 66.0 Å².